The van der Waals surface area contributed by atoms with Crippen LogP contribution >= 0.6 is 15.6 Å². The maximum Gasteiger partial charge on any atom is 0.472 e. The first-order valence-electron chi connectivity index (χ1n) is 38.1. The Labute approximate surface area is 594 Å². The number of aliphatic hydroxyl groups excluding tert-OH is 1. The van der Waals surface area contributed by atoms with Crippen LogP contribution in [-0.4, -0.2) is 96.7 Å². The lowest BCUT2D eigenvalue weighted by molar-refractivity contribution is -0.161. The summed E-state index contributed by atoms with van der Waals surface area (Å²) in [5.74, 6) is -2.34. The fraction of sp³-hybridized carbons (Fsp3) is 0.722. The normalized spacial score (nSPS) is 14.6. The Kier molecular flexibility index (Phi) is 68.0. The van der Waals surface area contributed by atoms with Gasteiger partial charge in [0.1, 0.15) is 19.3 Å². The largest absolute Gasteiger partial charge is 0.472 e. The van der Waals surface area contributed by atoms with Crippen molar-refractivity contribution in [2.45, 2.75) is 329 Å². The number of carbonyl (C=O) groups is 4. The number of hydrogen-bond acceptors (Lipinski definition) is 15. The van der Waals surface area contributed by atoms with Gasteiger partial charge in [-0.2, -0.15) is 0 Å². The SMILES string of the molecule is CC/C=C\C/C=C\C/C=C\C/C=C\C/C=C\CC(=O)OCC(COP(=O)(O)OCC(O)COP(=O)(O)OCC(COC(=O)CCCCCCCCCCCCCCCCC)OC(=O)CCCCCCC/C=C\CCCCCC)OC(=O)CCCCCCC/C=C\C/C=C\C/C=C\CC. The highest BCUT2D eigenvalue weighted by molar-refractivity contribution is 7.47. The van der Waals surface area contributed by atoms with Crippen LogP contribution in [0.3, 0.4) is 0 Å². The van der Waals surface area contributed by atoms with Crippen molar-refractivity contribution in [1.82, 2.24) is 0 Å². The van der Waals surface area contributed by atoms with Crippen LogP contribution in [0.15, 0.2) is 109 Å². The first kappa shape index (κ1) is 93.7. The van der Waals surface area contributed by atoms with Crippen LogP contribution in [-0.2, 0) is 65.4 Å². The summed E-state index contributed by atoms with van der Waals surface area (Å²) in [6.07, 6.45) is 75.4. The maximum absolute atomic E-state index is 13.1. The Hall–Kier alpha value is -4.28. The number of esters is 4. The number of unbranched alkanes of at least 4 members (excludes halogenated alkanes) is 28. The molecule has 0 heterocycles. The van der Waals surface area contributed by atoms with Crippen LogP contribution in [0.2, 0.25) is 0 Å². The number of phosphoric acid groups is 2. The van der Waals surface area contributed by atoms with Crippen LogP contribution in [0.5, 0.6) is 0 Å². The molecule has 0 aromatic carbocycles. The second-order valence-corrected chi connectivity index (χ2v) is 28.1. The molecule has 3 N–H and O–H groups in total. The lowest BCUT2D eigenvalue weighted by atomic mass is 10.0. The number of carbonyl (C=O) groups excluding carboxylic acids is 4. The van der Waals surface area contributed by atoms with Gasteiger partial charge in [0.15, 0.2) is 12.2 Å². The van der Waals surface area contributed by atoms with Crippen LogP contribution < -0.4 is 0 Å². The van der Waals surface area contributed by atoms with Crippen molar-refractivity contribution in [3.05, 3.63) is 109 Å². The van der Waals surface area contributed by atoms with E-state index < -0.39 is 97.5 Å². The third-order valence-corrected chi connectivity index (χ3v) is 17.7. The van der Waals surface area contributed by atoms with Crippen LogP contribution in [0, 0.1) is 0 Å². The molecule has 564 valence electrons. The molecule has 0 rings (SSSR count). The molecular weight excluding hydrogens is 1280 g/mol. The molecule has 0 saturated heterocycles. The summed E-state index contributed by atoms with van der Waals surface area (Å²) < 4.78 is 68.3. The molecule has 0 amide bonds. The van der Waals surface area contributed by atoms with Gasteiger partial charge >= 0.3 is 39.5 Å². The molecule has 0 aromatic heterocycles. The highest BCUT2D eigenvalue weighted by atomic mass is 31.2. The Balaban J connectivity index is 5.41. The highest BCUT2D eigenvalue weighted by Gasteiger charge is 2.30. The fourth-order valence-electron chi connectivity index (χ4n) is 10.0. The van der Waals surface area contributed by atoms with Crippen molar-refractivity contribution in [1.29, 1.82) is 0 Å². The number of hydrogen-bond donors (Lipinski definition) is 3. The van der Waals surface area contributed by atoms with Gasteiger partial charge in [-0.05, 0) is 109 Å². The van der Waals surface area contributed by atoms with Crippen LogP contribution in [0.25, 0.3) is 0 Å². The zero-order valence-electron chi connectivity index (χ0n) is 61.4. The number of rotatable bonds is 71. The third kappa shape index (κ3) is 70.2. The molecule has 17 nitrogen and oxygen atoms in total. The van der Waals surface area contributed by atoms with Crippen molar-refractivity contribution >= 4 is 39.5 Å². The van der Waals surface area contributed by atoms with E-state index in [1.807, 2.05) is 18.2 Å². The second-order valence-electron chi connectivity index (χ2n) is 25.2. The topological polar surface area (TPSA) is 237 Å². The van der Waals surface area contributed by atoms with E-state index >= 15 is 0 Å². The maximum atomic E-state index is 13.1. The van der Waals surface area contributed by atoms with Gasteiger partial charge in [-0.25, -0.2) is 9.13 Å². The number of phosphoric ester groups is 2. The number of ether oxygens (including phenoxy) is 4. The van der Waals surface area contributed by atoms with Gasteiger partial charge in [-0.1, -0.05) is 285 Å². The van der Waals surface area contributed by atoms with Gasteiger partial charge in [0.25, 0.3) is 0 Å². The summed E-state index contributed by atoms with van der Waals surface area (Å²) in [5.41, 5.74) is 0. The van der Waals surface area contributed by atoms with Gasteiger partial charge < -0.3 is 33.8 Å². The predicted octanol–water partition coefficient (Wildman–Crippen LogP) is 21.8. The molecule has 0 bridgehead atoms. The van der Waals surface area contributed by atoms with Crippen molar-refractivity contribution < 1.29 is 80.2 Å². The molecule has 5 atom stereocenters. The summed E-state index contributed by atoms with van der Waals surface area (Å²) in [7, 11) is -9.98. The third-order valence-electron chi connectivity index (χ3n) is 15.8. The van der Waals surface area contributed by atoms with Crippen molar-refractivity contribution in [3.8, 4) is 0 Å². The minimum absolute atomic E-state index is 0.0546. The first-order valence-corrected chi connectivity index (χ1v) is 41.1. The van der Waals surface area contributed by atoms with Crippen molar-refractivity contribution in [3.63, 3.8) is 0 Å². The van der Waals surface area contributed by atoms with E-state index in [1.165, 1.54) is 96.3 Å². The lowest BCUT2D eigenvalue weighted by Crippen LogP contribution is -2.30. The summed E-state index contributed by atoms with van der Waals surface area (Å²) in [6, 6.07) is 0. The smallest absolute Gasteiger partial charge is 0.462 e. The van der Waals surface area contributed by atoms with E-state index in [2.05, 4.69) is 113 Å². The molecular formula is C79H136O17P2. The van der Waals surface area contributed by atoms with E-state index in [0.29, 0.717) is 25.7 Å². The van der Waals surface area contributed by atoms with Crippen LogP contribution in [0.1, 0.15) is 310 Å². The molecule has 0 aliphatic rings. The van der Waals surface area contributed by atoms with E-state index in [1.54, 1.807) is 6.08 Å². The average Bonchev–Trinajstić information content (AvgIpc) is 1.04. The molecule has 0 radical (unpaired) electrons. The van der Waals surface area contributed by atoms with Crippen molar-refractivity contribution in [2.75, 3.05) is 39.6 Å². The van der Waals surface area contributed by atoms with E-state index in [4.69, 9.17) is 37.0 Å². The molecule has 98 heavy (non-hydrogen) atoms. The van der Waals surface area contributed by atoms with Crippen molar-refractivity contribution in [2.24, 2.45) is 0 Å². The van der Waals surface area contributed by atoms with Gasteiger partial charge in [-0.3, -0.25) is 37.3 Å². The van der Waals surface area contributed by atoms with Gasteiger partial charge in [0, 0.05) is 19.3 Å². The fourth-order valence-corrected chi connectivity index (χ4v) is 11.6. The second kappa shape index (κ2) is 71.1. The summed E-state index contributed by atoms with van der Waals surface area (Å²) >= 11 is 0. The standard InChI is InChI=1S/C79H136O17P2/c1-5-9-13-17-21-25-29-33-36-40-43-47-51-55-59-63-76(81)89-69-74(95-78(83)65-61-57-53-49-45-39-32-28-24-20-16-12-8-4)71-93-97(85,86)91-67-73(80)68-92-98(87,88)94-72-75(96-79(84)66-62-58-54-50-46-42-38-35-31-27-23-19-15-11-7-3)70-90-77(82)64-60-56-52-48-44-41-37-34-30-26-22-18-14-10-6-2/h10-11,14-15,22-23,26-28,32,34-35,37-38,44,48,56,60,73-75,80H,5-9,12-13,16-21,24-25,29-31,33,36,39-43,45-47,49-55,57-59,61-72H2,1-4H3,(H,85,86)(H,87,88)/b14-10-,15-11-,26-22-,27-23-,32-28-,37-34-,38-35-,48-44-,60-56-. The molecule has 0 aliphatic heterocycles. The summed E-state index contributed by atoms with van der Waals surface area (Å²) in [6.45, 7) is 4.51. The number of aliphatic hydroxyl groups is 1. The van der Waals surface area contributed by atoms with E-state index in [-0.39, 0.29) is 25.7 Å². The zero-order chi connectivity index (χ0) is 71.8. The quantitative estimate of drug-likeness (QED) is 0.0169. The molecule has 19 heteroatoms. The zero-order valence-corrected chi connectivity index (χ0v) is 63.2. The lowest BCUT2D eigenvalue weighted by Gasteiger charge is -2.21. The summed E-state index contributed by atoms with van der Waals surface area (Å²) in [4.78, 5) is 72.8. The monoisotopic (exact) mass is 1420 g/mol. The molecule has 0 aliphatic carbocycles. The molecule has 0 aromatic rings. The molecule has 0 saturated carbocycles. The Bertz CT molecular complexity index is 2290. The van der Waals surface area contributed by atoms with Crippen LogP contribution in [0.4, 0.5) is 0 Å². The Morgan fingerprint density at radius 3 is 0.929 bits per heavy atom. The summed E-state index contributed by atoms with van der Waals surface area (Å²) in [5, 5.41) is 10.6. The molecule has 0 fully saturated rings. The first-order chi connectivity index (χ1) is 47.7. The van der Waals surface area contributed by atoms with E-state index in [9.17, 15) is 43.2 Å². The predicted molar refractivity (Wildman–Crippen MR) is 399 cm³/mol. The minimum atomic E-state index is -5.00. The van der Waals surface area contributed by atoms with E-state index in [0.717, 1.165) is 135 Å². The average molecular weight is 1420 g/mol. The van der Waals surface area contributed by atoms with Gasteiger partial charge in [0.05, 0.1) is 32.8 Å². The highest BCUT2D eigenvalue weighted by Crippen LogP contribution is 2.45. The molecule has 0 spiro atoms. The Morgan fingerprint density at radius 2 is 0.571 bits per heavy atom. The Morgan fingerprint density at radius 1 is 0.306 bits per heavy atom. The number of allylic oxidation sites excluding steroid dienone is 17. The molecule has 5 unspecified atom stereocenters. The van der Waals surface area contributed by atoms with Gasteiger partial charge in [-0.15, -0.1) is 0 Å². The van der Waals surface area contributed by atoms with Gasteiger partial charge in [0.2, 0.25) is 0 Å². The minimum Gasteiger partial charge on any atom is -0.462 e.